The summed E-state index contributed by atoms with van der Waals surface area (Å²) in [6.07, 6.45) is 1.07. The van der Waals surface area contributed by atoms with Gasteiger partial charge >= 0.3 is 0 Å². The van der Waals surface area contributed by atoms with Crippen LogP contribution in [0.4, 0.5) is 4.39 Å². The second-order valence-electron chi connectivity index (χ2n) is 5.39. The minimum absolute atomic E-state index is 0.0971. The molecular formula is C19H23ClFNO2. The van der Waals surface area contributed by atoms with Crippen molar-refractivity contribution in [3.63, 3.8) is 0 Å². The molecule has 1 N–H and O–H groups in total. The van der Waals surface area contributed by atoms with E-state index >= 15 is 0 Å². The molecule has 0 radical (unpaired) electrons. The predicted octanol–water partition coefficient (Wildman–Crippen LogP) is 4.96. The zero-order valence-corrected chi connectivity index (χ0v) is 14.8. The SMILES string of the molecule is CCCNCc1cc(Cl)c(OCc2ccccc2F)c(OCC)c1. The molecule has 0 saturated heterocycles. The van der Waals surface area contributed by atoms with Gasteiger partial charge in [-0.05, 0) is 43.7 Å². The molecule has 2 rings (SSSR count). The molecule has 0 heterocycles. The Bertz CT molecular complexity index is 664. The molecule has 130 valence electrons. The fraction of sp³-hybridized carbons (Fsp3) is 0.368. The van der Waals surface area contributed by atoms with Crippen LogP contribution in [0, 0.1) is 5.82 Å². The first-order chi connectivity index (χ1) is 11.7. The van der Waals surface area contributed by atoms with Crippen molar-refractivity contribution in [3.05, 3.63) is 58.4 Å². The molecule has 0 spiro atoms. The van der Waals surface area contributed by atoms with Crippen LogP contribution in [0.25, 0.3) is 0 Å². The van der Waals surface area contributed by atoms with Gasteiger partial charge in [0.15, 0.2) is 11.5 Å². The lowest BCUT2D eigenvalue weighted by atomic mass is 10.2. The van der Waals surface area contributed by atoms with Gasteiger partial charge in [-0.25, -0.2) is 4.39 Å². The maximum absolute atomic E-state index is 13.7. The lowest BCUT2D eigenvalue weighted by molar-refractivity contribution is 0.266. The van der Waals surface area contributed by atoms with Gasteiger partial charge < -0.3 is 14.8 Å². The van der Waals surface area contributed by atoms with Crippen molar-refractivity contribution in [2.45, 2.75) is 33.4 Å². The molecule has 0 aromatic heterocycles. The van der Waals surface area contributed by atoms with E-state index in [1.807, 2.05) is 19.1 Å². The van der Waals surface area contributed by atoms with Crippen molar-refractivity contribution >= 4 is 11.6 Å². The molecule has 0 aliphatic carbocycles. The molecule has 0 atom stereocenters. The van der Waals surface area contributed by atoms with E-state index in [1.54, 1.807) is 18.2 Å². The molecule has 5 heteroatoms. The molecule has 0 saturated carbocycles. The van der Waals surface area contributed by atoms with E-state index in [9.17, 15) is 4.39 Å². The Morgan fingerprint density at radius 3 is 2.62 bits per heavy atom. The van der Waals surface area contributed by atoms with E-state index in [2.05, 4.69) is 12.2 Å². The third-order valence-corrected chi connectivity index (χ3v) is 3.74. The van der Waals surface area contributed by atoms with Gasteiger partial charge in [0.05, 0.1) is 11.6 Å². The third-order valence-electron chi connectivity index (χ3n) is 3.45. The first-order valence-corrected chi connectivity index (χ1v) is 8.55. The lowest BCUT2D eigenvalue weighted by Crippen LogP contribution is -2.14. The van der Waals surface area contributed by atoms with Crippen LogP contribution in [0.15, 0.2) is 36.4 Å². The van der Waals surface area contributed by atoms with Crippen LogP contribution in [0.1, 0.15) is 31.4 Å². The normalized spacial score (nSPS) is 10.7. The Kier molecular flexibility index (Phi) is 7.35. The Balaban J connectivity index is 2.16. The quantitative estimate of drug-likeness (QED) is 0.648. The molecule has 0 aliphatic rings. The molecule has 0 amide bonds. The maximum Gasteiger partial charge on any atom is 0.180 e. The van der Waals surface area contributed by atoms with Gasteiger partial charge in [-0.1, -0.05) is 36.7 Å². The summed E-state index contributed by atoms with van der Waals surface area (Å²) in [5.74, 6) is 0.725. The van der Waals surface area contributed by atoms with E-state index in [-0.39, 0.29) is 12.4 Å². The Labute approximate surface area is 147 Å². The Morgan fingerprint density at radius 1 is 1.12 bits per heavy atom. The minimum atomic E-state index is -0.299. The number of benzene rings is 2. The smallest absolute Gasteiger partial charge is 0.180 e. The van der Waals surface area contributed by atoms with Crippen LogP contribution >= 0.6 is 11.6 Å². The van der Waals surface area contributed by atoms with Gasteiger partial charge in [-0.15, -0.1) is 0 Å². The van der Waals surface area contributed by atoms with Crippen LogP contribution in [-0.4, -0.2) is 13.2 Å². The molecular weight excluding hydrogens is 329 g/mol. The molecule has 0 fully saturated rings. The molecule has 2 aromatic rings. The maximum atomic E-state index is 13.7. The van der Waals surface area contributed by atoms with E-state index in [1.165, 1.54) is 6.07 Å². The summed E-state index contributed by atoms with van der Waals surface area (Å²) in [6, 6.07) is 10.3. The van der Waals surface area contributed by atoms with Gasteiger partial charge in [0.1, 0.15) is 12.4 Å². The Hall–Kier alpha value is -1.78. The number of rotatable bonds is 9. The second kappa shape index (κ2) is 9.50. The Morgan fingerprint density at radius 2 is 1.92 bits per heavy atom. The second-order valence-corrected chi connectivity index (χ2v) is 5.80. The predicted molar refractivity (Wildman–Crippen MR) is 95.4 cm³/mol. The van der Waals surface area contributed by atoms with Crippen molar-refractivity contribution < 1.29 is 13.9 Å². The van der Waals surface area contributed by atoms with Gasteiger partial charge in [-0.2, -0.15) is 0 Å². The van der Waals surface area contributed by atoms with Crippen molar-refractivity contribution in [2.24, 2.45) is 0 Å². The number of ether oxygens (including phenoxy) is 2. The number of hydrogen-bond acceptors (Lipinski definition) is 3. The summed E-state index contributed by atoms with van der Waals surface area (Å²) in [4.78, 5) is 0. The highest BCUT2D eigenvalue weighted by atomic mass is 35.5. The molecule has 0 aliphatic heterocycles. The zero-order chi connectivity index (χ0) is 17.4. The van der Waals surface area contributed by atoms with Gasteiger partial charge in [-0.3, -0.25) is 0 Å². The standard InChI is InChI=1S/C19H23ClFNO2/c1-3-9-22-12-14-10-16(20)19(18(11-14)23-4-2)24-13-15-7-5-6-8-17(15)21/h5-8,10-11,22H,3-4,9,12-13H2,1-2H3. The van der Waals surface area contributed by atoms with Crippen LogP contribution in [0.5, 0.6) is 11.5 Å². The van der Waals surface area contributed by atoms with E-state index < -0.39 is 0 Å². The van der Waals surface area contributed by atoms with E-state index in [0.29, 0.717) is 35.2 Å². The average molecular weight is 352 g/mol. The van der Waals surface area contributed by atoms with Crippen LogP contribution < -0.4 is 14.8 Å². The van der Waals surface area contributed by atoms with Crippen molar-refractivity contribution in [2.75, 3.05) is 13.2 Å². The van der Waals surface area contributed by atoms with Crippen LogP contribution in [0.3, 0.4) is 0 Å². The first kappa shape index (κ1) is 18.6. The fourth-order valence-corrected chi connectivity index (χ4v) is 2.59. The van der Waals surface area contributed by atoms with E-state index in [4.69, 9.17) is 21.1 Å². The first-order valence-electron chi connectivity index (χ1n) is 8.17. The van der Waals surface area contributed by atoms with Crippen molar-refractivity contribution in [3.8, 4) is 11.5 Å². The summed E-state index contributed by atoms with van der Waals surface area (Å²) in [5.41, 5.74) is 1.50. The molecule has 3 nitrogen and oxygen atoms in total. The van der Waals surface area contributed by atoms with Gasteiger partial charge in [0, 0.05) is 12.1 Å². The van der Waals surface area contributed by atoms with Crippen LogP contribution in [0.2, 0.25) is 5.02 Å². The van der Waals surface area contributed by atoms with Gasteiger partial charge in [0.2, 0.25) is 0 Å². The molecule has 0 bridgehead atoms. The summed E-state index contributed by atoms with van der Waals surface area (Å²) in [5, 5.41) is 3.79. The third kappa shape index (κ3) is 5.11. The molecule has 2 aromatic carbocycles. The average Bonchev–Trinajstić information content (AvgIpc) is 2.56. The number of hydrogen-bond donors (Lipinski definition) is 1. The summed E-state index contributed by atoms with van der Waals surface area (Å²) in [7, 11) is 0. The van der Waals surface area contributed by atoms with Crippen LogP contribution in [-0.2, 0) is 13.2 Å². The highest BCUT2D eigenvalue weighted by Gasteiger charge is 2.13. The fourth-order valence-electron chi connectivity index (χ4n) is 2.30. The summed E-state index contributed by atoms with van der Waals surface area (Å²) in [6.45, 7) is 6.26. The molecule has 24 heavy (non-hydrogen) atoms. The highest BCUT2D eigenvalue weighted by molar-refractivity contribution is 6.32. The lowest BCUT2D eigenvalue weighted by Gasteiger charge is -2.16. The summed E-state index contributed by atoms with van der Waals surface area (Å²) < 4.78 is 25.1. The highest BCUT2D eigenvalue weighted by Crippen LogP contribution is 2.37. The summed E-state index contributed by atoms with van der Waals surface area (Å²) >= 11 is 6.36. The van der Waals surface area contributed by atoms with Crippen molar-refractivity contribution in [1.82, 2.24) is 5.32 Å². The van der Waals surface area contributed by atoms with Crippen molar-refractivity contribution in [1.29, 1.82) is 0 Å². The number of nitrogens with one attached hydrogen (secondary N) is 1. The zero-order valence-electron chi connectivity index (χ0n) is 14.1. The topological polar surface area (TPSA) is 30.5 Å². The van der Waals surface area contributed by atoms with E-state index in [0.717, 1.165) is 18.5 Å². The van der Waals surface area contributed by atoms with Gasteiger partial charge in [0.25, 0.3) is 0 Å². The minimum Gasteiger partial charge on any atom is -0.490 e. The monoisotopic (exact) mass is 351 g/mol. The molecule has 0 unspecified atom stereocenters. The number of halogens is 2. The largest absolute Gasteiger partial charge is 0.490 e.